The normalized spacial score (nSPS) is 14.3. The summed E-state index contributed by atoms with van der Waals surface area (Å²) in [6.07, 6.45) is 1.44. The molecule has 0 atom stereocenters. The van der Waals surface area contributed by atoms with Crippen LogP contribution in [-0.4, -0.2) is 16.7 Å². The van der Waals surface area contributed by atoms with Crippen LogP contribution in [0, 0.1) is 0 Å². The van der Waals surface area contributed by atoms with Crippen molar-refractivity contribution < 1.29 is 9.59 Å². The fourth-order valence-electron chi connectivity index (χ4n) is 1.09. The molecule has 0 saturated carbocycles. The molecule has 2 heterocycles. The molecule has 3 N–H and O–H groups in total. The molecule has 1 aliphatic rings. The third kappa shape index (κ3) is 0.701. The van der Waals surface area contributed by atoms with Crippen molar-refractivity contribution in [1.29, 1.82) is 0 Å². The number of nitrogens with one attached hydrogen (secondary N) is 1. The average molecular weight is 163 g/mol. The van der Waals surface area contributed by atoms with Gasteiger partial charge in [-0.05, 0) is 6.07 Å². The number of hydrogen-bond donors (Lipinski definition) is 2. The van der Waals surface area contributed by atoms with E-state index in [1.165, 1.54) is 12.3 Å². The van der Waals surface area contributed by atoms with E-state index in [1.54, 1.807) is 0 Å². The van der Waals surface area contributed by atoms with Gasteiger partial charge in [-0.1, -0.05) is 0 Å². The molecule has 0 fully saturated rings. The molecule has 0 aromatic carbocycles. The molecule has 1 aliphatic heterocycles. The van der Waals surface area contributed by atoms with Crippen LogP contribution in [0.4, 0.5) is 11.5 Å². The second kappa shape index (κ2) is 2.04. The van der Waals surface area contributed by atoms with Gasteiger partial charge in [-0.25, -0.2) is 4.98 Å². The molecule has 60 valence electrons. The Morgan fingerprint density at radius 3 is 2.83 bits per heavy atom. The number of nitrogens with zero attached hydrogens (tertiary/aromatic N) is 1. The molecule has 1 aromatic heterocycles. The smallest absolute Gasteiger partial charge is 0.298 e. The van der Waals surface area contributed by atoms with E-state index in [9.17, 15) is 9.59 Å². The van der Waals surface area contributed by atoms with Crippen LogP contribution in [0.2, 0.25) is 0 Å². The number of pyridine rings is 1. The number of aromatic nitrogens is 1. The van der Waals surface area contributed by atoms with Gasteiger partial charge in [0, 0.05) is 11.9 Å². The van der Waals surface area contributed by atoms with E-state index in [0.717, 1.165) is 0 Å². The van der Waals surface area contributed by atoms with Crippen molar-refractivity contribution in [3.05, 3.63) is 17.8 Å². The van der Waals surface area contributed by atoms with Gasteiger partial charge in [0.2, 0.25) is 0 Å². The summed E-state index contributed by atoms with van der Waals surface area (Å²) >= 11 is 0. The highest BCUT2D eigenvalue weighted by atomic mass is 16.2. The van der Waals surface area contributed by atoms with Crippen LogP contribution in [0.1, 0.15) is 10.4 Å². The Hall–Kier alpha value is -1.91. The van der Waals surface area contributed by atoms with E-state index in [0.29, 0.717) is 0 Å². The molecule has 5 nitrogen and oxygen atoms in total. The minimum Gasteiger partial charge on any atom is -0.398 e. The first-order chi connectivity index (χ1) is 5.70. The van der Waals surface area contributed by atoms with E-state index < -0.39 is 11.7 Å². The molecule has 12 heavy (non-hydrogen) atoms. The van der Waals surface area contributed by atoms with E-state index in [4.69, 9.17) is 5.73 Å². The zero-order chi connectivity index (χ0) is 8.72. The minimum absolute atomic E-state index is 0.183. The van der Waals surface area contributed by atoms with Gasteiger partial charge < -0.3 is 11.1 Å². The fourth-order valence-corrected chi connectivity index (χ4v) is 1.09. The number of carbonyl (C=O) groups is 2. The first-order valence-electron chi connectivity index (χ1n) is 3.30. The van der Waals surface area contributed by atoms with Gasteiger partial charge in [0.15, 0.2) is 0 Å². The summed E-state index contributed by atoms with van der Waals surface area (Å²) in [6.45, 7) is 0. The molecule has 0 unspecified atom stereocenters. The average Bonchev–Trinajstić information content (AvgIpc) is 2.29. The van der Waals surface area contributed by atoms with Crippen molar-refractivity contribution in [2.75, 3.05) is 11.1 Å². The Labute approximate surface area is 67.6 Å². The number of amides is 1. The summed E-state index contributed by atoms with van der Waals surface area (Å²) in [4.78, 5) is 25.7. The minimum atomic E-state index is -0.671. The van der Waals surface area contributed by atoms with Crippen LogP contribution < -0.4 is 11.1 Å². The number of nitrogen functional groups attached to an aromatic ring is 1. The summed E-state index contributed by atoms with van der Waals surface area (Å²) < 4.78 is 0. The summed E-state index contributed by atoms with van der Waals surface area (Å²) in [5.41, 5.74) is 5.94. The Morgan fingerprint density at radius 2 is 2.17 bits per heavy atom. The van der Waals surface area contributed by atoms with Gasteiger partial charge in [-0.2, -0.15) is 0 Å². The summed E-state index contributed by atoms with van der Waals surface area (Å²) in [7, 11) is 0. The van der Waals surface area contributed by atoms with E-state index in [1.807, 2.05) is 0 Å². The number of hydrogen-bond acceptors (Lipinski definition) is 4. The fraction of sp³-hybridized carbons (Fsp3) is 0. The van der Waals surface area contributed by atoms with Crippen molar-refractivity contribution >= 4 is 23.2 Å². The van der Waals surface area contributed by atoms with Crippen molar-refractivity contribution in [1.82, 2.24) is 4.98 Å². The SMILES string of the molecule is Nc1ccnc2c1C(=O)C(=O)N2. The number of fused-ring (bicyclic) bond motifs is 1. The van der Waals surface area contributed by atoms with Gasteiger partial charge in [0.1, 0.15) is 5.82 Å². The molecule has 0 radical (unpaired) electrons. The molecule has 2 rings (SSSR count). The zero-order valence-corrected chi connectivity index (χ0v) is 6.00. The van der Waals surface area contributed by atoms with E-state index in [2.05, 4.69) is 10.3 Å². The maximum absolute atomic E-state index is 11.1. The Balaban J connectivity index is 2.70. The molecule has 5 heteroatoms. The molecular formula is C7H5N3O2. The van der Waals surface area contributed by atoms with Gasteiger partial charge >= 0.3 is 0 Å². The third-order valence-corrected chi connectivity index (χ3v) is 1.65. The first kappa shape index (κ1) is 6.78. The van der Waals surface area contributed by atoms with Gasteiger partial charge in [0.25, 0.3) is 11.7 Å². The topological polar surface area (TPSA) is 85.1 Å². The highest BCUT2D eigenvalue weighted by molar-refractivity contribution is 6.52. The number of rotatable bonds is 0. The largest absolute Gasteiger partial charge is 0.398 e. The van der Waals surface area contributed by atoms with Crippen LogP contribution in [0.5, 0.6) is 0 Å². The Morgan fingerprint density at radius 1 is 1.42 bits per heavy atom. The van der Waals surface area contributed by atoms with Crippen LogP contribution in [-0.2, 0) is 4.79 Å². The van der Waals surface area contributed by atoms with Crippen LogP contribution in [0.25, 0.3) is 0 Å². The number of carbonyl (C=O) groups excluding carboxylic acids is 2. The molecule has 0 bridgehead atoms. The maximum Gasteiger partial charge on any atom is 0.298 e. The number of Topliss-reactive ketones (excluding diaryl/α,β-unsaturated/α-hetero) is 1. The highest BCUT2D eigenvalue weighted by Crippen LogP contribution is 2.24. The summed E-state index contributed by atoms with van der Waals surface area (Å²) in [5, 5.41) is 2.31. The van der Waals surface area contributed by atoms with Gasteiger partial charge in [-0.3, -0.25) is 9.59 Å². The molecular weight excluding hydrogens is 158 g/mol. The Bertz CT molecular complexity index is 386. The highest BCUT2D eigenvalue weighted by Gasteiger charge is 2.30. The van der Waals surface area contributed by atoms with Crippen LogP contribution in [0.3, 0.4) is 0 Å². The molecule has 0 spiro atoms. The second-order valence-electron chi connectivity index (χ2n) is 2.41. The van der Waals surface area contributed by atoms with Crippen molar-refractivity contribution in [3.8, 4) is 0 Å². The van der Waals surface area contributed by atoms with Gasteiger partial charge in [-0.15, -0.1) is 0 Å². The monoisotopic (exact) mass is 163 g/mol. The van der Waals surface area contributed by atoms with Crippen LogP contribution >= 0.6 is 0 Å². The zero-order valence-electron chi connectivity index (χ0n) is 6.00. The van der Waals surface area contributed by atoms with Gasteiger partial charge in [0.05, 0.1) is 5.56 Å². The molecule has 1 amide bonds. The number of nitrogens with two attached hydrogens (primary N) is 1. The lowest BCUT2D eigenvalue weighted by Gasteiger charge is -1.96. The van der Waals surface area contributed by atoms with Crippen molar-refractivity contribution in [3.63, 3.8) is 0 Å². The number of anilines is 2. The predicted molar refractivity (Wildman–Crippen MR) is 41.6 cm³/mol. The first-order valence-corrected chi connectivity index (χ1v) is 3.30. The molecule has 1 aromatic rings. The lowest BCUT2D eigenvalue weighted by atomic mass is 10.2. The maximum atomic E-state index is 11.1. The van der Waals surface area contributed by atoms with Crippen LogP contribution in [0.15, 0.2) is 12.3 Å². The lowest BCUT2D eigenvalue weighted by Crippen LogP contribution is -2.13. The summed E-state index contributed by atoms with van der Waals surface area (Å²) in [6, 6.07) is 1.48. The van der Waals surface area contributed by atoms with E-state index >= 15 is 0 Å². The Kier molecular flexibility index (Phi) is 1.15. The molecule has 0 saturated heterocycles. The quantitative estimate of drug-likeness (QED) is 0.518. The van der Waals surface area contributed by atoms with E-state index in [-0.39, 0.29) is 17.1 Å². The third-order valence-electron chi connectivity index (χ3n) is 1.65. The predicted octanol–water partition coefficient (Wildman–Crippen LogP) is -0.201. The van der Waals surface area contributed by atoms with Crippen molar-refractivity contribution in [2.24, 2.45) is 0 Å². The second-order valence-corrected chi connectivity index (χ2v) is 2.41. The molecule has 0 aliphatic carbocycles. The van der Waals surface area contributed by atoms with Crippen molar-refractivity contribution in [2.45, 2.75) is 0 Å². The lowest BCUT2D eigenvalue weighted by molar-refractivity contribution is -0.112. The standard InChI is InChI=1S/C7H5N3O2/c8-3-1-2-9-6-4(3)5(11)7(12)10-6/h1-2H,(H3,8,9,10,11,12). The summed E-state index contributed by atoms with van der Waals surface area (Å²) in [5.74, 6) is -1.03. The number of ketones is 1.